The first-order valence-electron chi connectivity index (χ1n) is 24.6. The monoisotopic (exact) mass is 932 g/mol. The van der Waals surface area contributed by atoms with E-state index in [9.17, 15) is 34.5 Å². The number of aliphatic hydroxyl groups is 2. The van der Waals surface area contributed by atoms with Crippen LogP contribution in [0, 0.1) is 41.4 Å². The van der Waals surface area contributed by atoms with Gasteiger partial charge in [-0.25, -0.2) is 4.68 Å². The summed E-state index contributed by atoms with van der Waals surface area (Å²) in [6.07, 6.45) is 5.82. The lowest BCUT2D eigenvalue weighted by Gasteiger charge is -2.54. The molecule has 17 heteroatoms. The van der Waals surface area contributed by atoms with Gasteiger partial charge in [-0.3, -0.25) is 19.2 Å². The molecule has 5 aliphatic rings. The standard InChI is InChI=1S/C49H77N3O14/c1-11-34(45(58)59)36-16-14-27(4)43(62-36)31(8)41(56)30(7)42(57)35(12-2)44-28(5)24-29(6)48(64-44)21-19-38(63-40(55)26-52-25-33(50-51-52)15-17-39(53)54)49(66-48)23-22-46(10,65-49)37-18-20-47(60,13-3)32(9)61-37/h19,21,25,27-32,34-38,41,43-44,56,60H,11-18,20,22-24,26H2,1-10H3,(H,53,54)(H,58,59)/t27-,28-,29+,30-,31-,32-,34+,35-,36+,37+,38+,41+,43+,44-,46-,47+,48-,49-/m0/s1. The number of carbonyl (C=O) groups excluding carboxylic acids is 2. The Labute approximate surface area is 389 Å². The van der Waals surface area contributed by atoms with Gasteiger partial charge in [0.25, 0.3) is 0 Å². The highest BCUT2D eigenvalue weighted by molar-refractivity contribution is 5.84. The summed E-state index contributed by atoms with van der Waals surface area (Å²) >= 11 is 0. The molecule has 17 nitrogen and oxygen atoms in total. The molecule has 5 aliphatic heterocycles. The smallest absolute Gasteiger partial charge is 0.328 e. The largest absolute Gasteiger partial charge is 0.481 e. The molecule has 4 fully saturated rings. The Balaban J connectivity index is 1.24. The first-order chi connectivity index (χ1) is 31.0. The number of nitrogens with zero attached hydrogens (tertiary/aromatic N) is 3. The number of hydrogen-bond acceptors (Lipinski definition) is 14. The second-order valence-electron chi connectivity index (χ2n) is 20.7. The van der Waals surface area contributed by atoms with Gasteiger partial charge in [0.05, 0.1) is 65.9 Å². The third-order valence-electron chi connectivity index (χ3n) is 16.2. The van der Waals surface area contributed by atoms with Crippen molar-refractivity contribution in [2.75, 3.05) is 0 Å². The van der Waals surface area contributed by atoms with Crippen LogP contribution in [0.1, 0.15) is 146 Å². The van der Waals surface area contributed by atoms with E-state index >= 15 is 0 Å². The van der Waals surface area contributed by atoms with Crippen LogP contribution in [0.3, 0.4) is 0 Å². The average molecular weight is 932 g/mol. The molecule has 4 N–H and O–H groups in total. The number of rotatable bonds is 18. The molecular formula is C49H77N3O14. The summed E-state index contributed by atoms with van der Waals surface area (Å²) in [4.78, 5) is 51.5. The summed E-state index contributed by atoms with van der Waals surface area (Å²) in [5.74, 6) is -8.36. The molecule has 1 aromatic rings. The van der Waals surface area contributed by atoms with Crippen molar-refractivity contribution in [1.29, 1.82) is 0 Å². The number of aryl methyl sites for hydroxylation is 1. The Morgan fingerprint density at radius 3 is 2.27 bits per heavy atom. The molecule has 66 heavy (non-hydrogen) atoms. The summed E-state index contributed by atoms with van der Waals surface area (Å²) in [6, 6.07) is 0. The summed E-state index contributed by atoms with van der Waals surface area (Å²) in [5, 5.41) is 50.1. The molecule has 2 spiro atoms. The Morgan fingerprint density at radius 2 is 1.64 bits per heavy atom. The predicted molar refractivity (Wildman–Crippen MR) is 238 cm³/mol. The maximum absolute atomic E-state index is 14.7. The number of carboxylic acids is 2. The van der Waals surface area contributed by atoms with Gasteiger partial charge in [0.2, 0.25) is 5.79 Å². The molecule has 0 aromatic carbocycles. The molecular weight excluding hydrogens is 855 g/mol. The van der Waals surface area contributed by atoms with E-state index in [0.717, 1.165) is 6.42 Å². The Morgan fingerprint density at radius 1 is 0.924 bits per heavy atom. The Kier molecular flexibility index (Phi) is 16.3. The van der Waals surface area contributed by atoms with Crippen molar-refractivity contribution in [1.82, 2.24) is 15.0 Å². The second kappa shape index (κ2) is 20.7. The van der Waals surface area contributed by atoms with Crippen LogP contribution in [0.5, 0.6) is 0 Å². The topological polar surface area (TPSA) is 235 Å². The number of esters is 1. The van der Waals surface area contributed by atoms with E-state index in [1.165, 1.54) is 10.9 Å². The number of ether oxygens (including phenoxy) is 6. The zero-order valence-electron chi connectivity index (χ0n) is 40.7. The minimum Gasteiger partial charge on any atom is -0.481 e. The molecule has 6 rings (SSSR count). The minimum absolute atomic E-state index is 0.0633. The van der Waals surface area contributed by atoms with Crippen molar-refractivity contribution < 1.29 is 68.0 Å². The van der Waals surface area contributed by atoms with E-state index in [2.05, 4.69) is 17.2 Å². The normalized spacial score (nSPS) is 39.2. The highest BCUT2D eigenvalue weighted by Crippen LogP contribution is 2.54. The third kappa shape index (κ3) is 10.6. The number of aliphatic hydroxyl groups excluding tert-OH is 1. The van der Waals surface area contributed by atoms with E-state index in [-0.39, 0.29) is 42.9 Å². The number of aromatic nitrogens is 3. The van der Waals surface area contributed by atoms with Crippen LogP contribution < -0.4 is 0 Å². The van der Waals surface area contributed by atoms with Gasteiger partial charge in [0.1, 0.15) is 12.3 Å². The second-order valence-corrected chi connectivity index (χ2v) is 20.7. The molecule has 4 saturated heterocycles. The van der Waals surface area contributed by atoms with E-state index in [1.54, 1.807) is 19.1 Å². The van der Waals surface area contributed by atoms with Gasteiger partial charge in [0.15, 0.2) is 11.9 Å². The fourth-order valence-electron chi connectivity index (χ4n) is 11.7. The number of hydrogen-bond donors (Lipinski definition) is 4. The summed E-state index contributed by atoms with van der Waals surface area (Å²) in [7, 11) is 0. The Bertz CT molecular complexity index is 1910. The lowest BCUT2D eigenvalue weighted by atomic mass is 9.72. The fourth-order valence-corrected chi connectivity index (χ4v) is 11.7. The quantitative estimate of drug-likeness (QED) is 0.0969. The maximum Gasteiger partial charge on any atom is 0.328 e. The van der Waals surface area contributed by atoms with Gasteiger partial charge in [-0.2, -0.15) is 0 Å². The number of ketones is 1. The Hall–Kier alpha value is -3.32. The number of Topliss-reactive ketones (excluding diaryl/α,β-unsaturated/α-hetero) is 1. The molecule has 18 atom stereocenters. The average Bonchev–Trinajstić information content (AvgIpc) is 3.87. The first kappa shape index (κ1) is 52.1. The van der Waals surface area contributed by atoms with Crippen molar-refractivity contribution in [3.05, 3.63) is 24.0 Å². The molecule has 0 bridgehead atoms. The van der Waals surface area contributed by atoms with Crippen molar-refractivity contribution in [2.24, 2.45) is 41.4 Å². The summed E-state index contributed by atoms with van der Waals surface area (Å²) < 4.78 is 41.8. The summed E-state index contributed by atoms with van der Waals surface area (Å²) in [6.45, 7) is 19.0. The van der Waals surface area contributed by atoms with E-state index in [0.29, 0.717) is 63.5 Å². The molecule has 372 valence electrons. The third-order valence-corrected chi connectivity index (χ3v) is 16.2. The van der Waals surface area contributed by atoms with Crippen LogP contribution in [-0.2, 0) is 60.6 Å². The van der Waals surface area contributed by atoms with Crippen LogP contribution in [-0.4, -0.2) is 125 Å². The van der Waals surface area contributed by atoms with Gasteiger partial charge in [0, 0.05) is 42.7 Å². The van der Waals surface area contributed by atoms with Crippen LogP contribution in [0.15, 0.2) is 18.3 Å². The minimum atomic E-state index is -1.55. The van der Waals surface area contributed by atoms with Gasteiger partial charge >= 0.3 is 17.9 Å². The zero-order chi connectivity index (χ0) is 48.5. The molecule has 0 amide bonds. The molecule has 0 unspecified atom stereocenters. The predicted octanol–water partition coefficient (Wildman–Crippen LogP) is 6.05. The van der Waals surface area contributed by atoms with Crippen molar-refractivity contribution in [2.45, 2.75) is 218 Å². The molecule has 6 heterocycles. The molecule has 0 aliphatic carbocycles. The van der Waals surface area contributed by atoms with Gasteiger partial charge in [-0.1, -0.05) is 60.6 Å². The number of aliphatic carboxylic acids is 2. The lowest BCUT2D eigenvalue weighted by molar-refractivity contribution is -0.409. The van der Waals surface area contributed by atoms with Crippen LogP contribution >= 0.6 is 0 Å². The highest BCUT2D eigenvalue weighted by atomic mass is 16.8. The van der Waals surface area contributed by atoms with E-state index in [1.807, 2.05) is 55.4 Å². The van der Waals surface area contributed by atoms with Gasteiger partial charge in [-0.05, 0) is 95.6 Å². The van der Waals surface area contributed by atoms with E-state index < -0.39 is 107 Å². The number of carbonyl (C=O) groups is 4. The zero-order valence-corrected chi connectivity index (χ0v) is 40.7. The van der Waals surface area contributed by atoms with Crippen molar-refractivity contribution in [3.8, 4) is 0 Å². The molecule has 0 radical (unpaired) electrons. The first-order valence-corrected chi connectivity index (χ1v) is 24.6. The highest BCUT2D eigenvalue weighted by Gasteiger charge is 2.64. The van der Waals surface area contributed by atoms with E-state index in [4.69, 9.17) is 33.5 Å². The van der Waals surface area contributed by atoms with Gasteiger partial charge in [-0.15, -0.1) is 5.10 Å². The van der Waals surface area contributed by atoms with Crippen LogP contribution in [0.2, 0.25) is 0 Å². The van der Waals surface area contributed by atoms with Crippen LogP contribution in [0.4, 0.5) is 0 Å². The van der Waals surface area contributed by atoms with Crippen molar-refractivity contribution in [3.63, 3.8) is 0 Å². The lowest BCUT2D eigenvalue weighted by Crippen LogP contribution is -2.63. The fraction of sp³-hybridized carbons (Fsp3) is 0.837. The van der Waals surface area contributed by atoms with Crippen LogP contribution in [0.25, 0.3) is 0 Å². The number of carboxylic acid groups (broad SMARTS) is 2. The summed E-state index contributed by atoms with van der Waals surface area (Å²) in [5.41, 5.74) is -1.45. The van der Waals surface area contributed by atoms with Gasteiger partial charge < -0.3 is 48.8 Å². The van der Waals surface area contributed by atoms with Crippen molar-refractivity contribution >= 4 is 23.7 Å². The molecule has 0 saturated carbocycles. The maximum atomic E-state index is 14.7. The molecule has 1 aromatic heterocycles. The SMILES string of the molecule is CC[C@@H](C(=O)[C@@H](C)[C@@H](O)[C@H](C)[C@@H]1O[C@@H]([C@@H](CC)C(=O)O)CC[C@@H]1C)[C@H]1O[C@]2(C=C[C@@H](OC(=O)Cn3cc(CCC(=O)O)nn3)[C@]3(CC[C@@](C)([C@H]4CC[C@](O)(CC)[C@H](C)O4)O3)O2)[C@H](C)C[C@@H]1C.